The number of imidazole rings is 1. The first-order valence-corrected chi connectivity index (χ1v) is 8.34. The van der Waals surface area contributed by atoms with E-state index in [9.17, 15) is 9.18 Å². The Hall–Kier alpha value is -2.41. The van der Waals surface area contributed by atoms with Gasteiger partial charge >= 0.3 is 6.03 Å². The lowest BCUT2D eigenvalue weighted by atomic mass is 9.95. The summed E-state index contributed by atoms with van der Waals surface area (Å²) < 4.78 is 16.0. The molecule has 0 aliphatic heterocycles. The number of rotatable bonds is 7. The summed E-state index contributed by atoms with van der Waals surface area (Å²) in [7, 11) is 0. The number of aryl methyl sites for hydroxylation is 1. The van der Waals surface area contributed by atoms with Crippen LogP contribution in [-0.2, 0) is 6.54 Å². The van der Waals surface area contributed by atoms with Gasteiger partial charge in [0.05, 0.1) is 5.69 Å². The van der Waals surface area contributed by atoms with Crippen molar-refractivity contribution in [1.29, 1.82) is 0 Å². The molecule has 1 aromatic heterocycles. The summed E-state index contributed by atoms with van der Waals surface area (Å²) in [5.74, 6) is 0.325. The van der Waals surface area contributed by atoms with Gasteiger partial charge in [0, 0.05) is 31.1 Å². The highest BCUT2D eigenvalue weighted by molar-refractivity contribution is 5.74. The van der Waals surface area contributed by atoms with E-state index in [0.29, 0.717) is 29.9 Å². The number of aliphatic hydroxyl groups is 1. The van der Waals surface area contributed by atoms with Gasteiger partial charge in [-0.25, -0.2) is 14.2 Å². The monoisotopic (exact) mass is 348 g/mol. The Labute approximate surface area is 147 Å². The first-order chi connectivity index (χ1) is 11.9. The lowest BCUT2D eigenvalue weighted by molar-refractivity contribution is 0.200. The molecule has 2 aromatic rings. The van der Waals surface area contributed by atoms with Gasteiger partial charge < -0.3 is 20.3 Å². The van der Waals surface area contributed by atoms with Crippen molar-refractivity contribution in [3.63, 3.8) is 0 Å². The summed E-state index contributed by atoms with van der Waals surface area (Å²) >= 11 is 0. The van der Waals surface area contributed by atoms with Crippen LogP contribution in [0.4, 0.5) is 9.18 Å². The number of amides is 2. The smallest absolute Gasteiger partial charge is 0.315 e. The normalized spacial score (nSPS) is 13.3. The van der Waals surface area contributed by atoms with Crippen molar-refractivity contribution >= 4 is 6.03 Å². The second-order valence-corrected chi connectivity index (χ2v) is 6.33. The molecule has 1 unspecified atom stereocenters. The molecule has 2 rings (SSSR count). The van der Waals surface area contributed by atoms with Crippen molar-refractivity contribution in [2.45, 2.75) is 45.7 Å². The van der Waals surface area contributed by atoms with Crippen molar-refractivity contribution in [1.82, 2.24) is 20.2 Å². The van der Waals surface area contributed by atoms with E-state index in [1.165, 1.54) is 6.07 Å². The standard InChI is InChI=1S/C18H25FN4O2/c1-4-18(3,7-10-24)22-17(25)21-12-14-5-6-16(15(19)11-14)23-9-8-20-13(23)2/h5-6,8-9,11,24H,4,7,10,12H2,1-3H3,(H2,21,22,25). The highest BCUT2D eigenvalue weighted by Crippen LogP contribution is 2.17. The molecule has 0 aliphatic carbocycles. The Morgan fingerprint density at radius 3 is 2.76 bits per heavy atom. The number of carbonyl (C=O) groups excluding carboxylic acids is 1. The lowest BCUT2D eigenvalue weighted by Crippen LogP contribution is -2.50. The largest absolute Gasteiger partial charge is 0.396 e. The predicted molar refractivity (Wildman–Crippen MR) is 94.0 cm³/mol. The Kier molecular flexibility index (Phi) is 6.14. The van der Waals surface area contributed by atoms with E-state index in [2.05, 4.69) is 15.6 Å². The number of hydrogen-bond donors (Lipinski definition) is 3. The summed E-state index contributed by atoms with van der Waals surface area (Å²) in [5.41, 5.74) is 0.617. The number of carbonyl (C=O) groups is 1. The van der Waals surface area contributed by atoms with Crippen LogP contribution in [0.3, 0.4) is 0 Å². The molecule has 0 radical (unpaired) electrons. The van der Waals surface area contributed by atoms with Crippen LogP contribution >= 0.6 is 0 Å². The molecular weight excluding hydrogens is 323 g/mol. The number of nitrogens with zero attached hydrogens (tertiary/aromatic N) is 2. The van der Waals surface area contributed by atoms with Gasteiger partial charge in [0.1, 0.15) is 11.6 Å². The number of urea groups is 1. The molecule has 0 saturated heterocycles. The highest BCUT2D eigenvalue weighted by atomic mass is 19.1. The van der Waals surface area contributed by atoms with E-state index in [-0.39, 0.29) is 25.0 Å². The molecule has 0 aliphatic rings. The highest BCUT2D eigenvalue weighted by Gasteiger charge is 2.23. The molecule has 7 heteroatoms. The Bertz CT molecular complexity index is 732. The quantitative estimate of drug-likeness (QED) is 0.720. The summed E-state index contributed by atoms with van der Waals surface area (Å²) in [6.07, 6.45) is 4.50. The second-order valence-electron chi connectivity index (χ2n) is 6.33. The molecule has 0 fully saturated rings. The van der Waals surface area contributed by atoms with Crippen LogP contribution in [0.15, 0.2) is 30.6 Å². The first-order valence-electron chi connectivity index (χ1n) is 8.34. The van der Waals surface area contributed by atoms with Gasteiger partial charge in [0.2, 0.25) is 0 Å². The molecule has 1 atom stereocenters. The zero-order valence-electron chi connectivity index (χ0n) is 14.8. The summed E-state index contributed by atoms with van der Waals surface area (Å²) in [6, 6.07) is 4.50. The van der Waals surface area contributed by atoms with Crippen molar-refractivity contribution in [3.05, 3.63) is 47.8 Å². The van der Waals surface area contributed by atoms with Gasteiger partial charge in [0.15, 0.2) is 0 Å². The van der Waals surface area contributed by atoms with Crippen LogP contribution in [0.1, 0.15) is 38.1 Å². The summed E-state index contributed by atoms with van der Waals surface area (Å²) in [5, 5.41) is 14.7. The van der Waals surface area contributed by atoms with Crippen molar-refractivity contribution in [2.75, 3.05) is 6.61 Å². The Morgan fingerprint density at radius 1 is 1.44 bits per heavy atom. The number of halogens is 1. The molecule has 6 nitrogen and oxygen atoms in total. The Morgan fingerprint density at radius 2 is 2.20 bits per heavy atom. The molecule has 25 heavy (non-hydrogen) atoms. The maximum Gasteiger partial charge on any atom is 0.315 e. The van der Waals surface area contributed by atoms with E-state index in [1.807, 2.05) is 13.8 Å². The maximum absolute atomic E-state index is 14.3. The van der Waals surface area contributed by atoms with Crippen LogP contribution in [0.5, 0.6) is 0 Å². The number of aromatic nitrogens is 2. The van der Waals surface area contributed by atoms with E-state index in [4.69, 9.17) is 5.11 Å². The maximum atomic E-state index is 14.3. The number of hydrogen-bond acceptors (Lipinski definition) is 3. The second kappa shape index (κ2) is 8.11. The molecule has 136 valence electrons. The third kappa shape index (κ3) is 4.79. The van der Waals surface area contributed by atoms with Gasteiger partial charge in [-0.05, 0) is 44.4 Å². The molecule has 0 saturated carbocycles. The molecule has 0 bridgehead atoms. The minimum Gasteiger partial charge on any atom is -0.396 e. The van der Waals surface area contributed by atoms with Crippen LogP contribution in [0, 0.1) is 12.7 Å². The van der Waals surface area contributed by atoms with Crippen LogP contribution in [0.25, 0.3) is 5.69 Å². The van der Waals surface area contributed by atoms with Crippen LogP contribution < -0.4 is 10.6 Å². The number of nitrogens with one attached hydrogen (secondary N) is 2. The topological polar surface area (TPSA) is 79.2 Å². The summed E-state index contributed by atoms with van der Waals surface area (Å²) in [4.78, 5) is 16.1. The van der Waals surface area contributed by atoms with Gasteiger partial charge in [-0.1, -0.05) is 13.0 Å². The minimum atomic E-state index is -0.465. The van der Waals surface area contributed by atoms with E-state index < -0.39 is 5.54 Å². The van der Waals surface area contributed by atoms with Gasteiger partial charge in [0.25, 0.3) is 0 Å². The third-order valence-electron chi connectivity index (χ3n) is 4.41. The average Bonchev–Trinajstić information content (AvgIpc) is 2.99. The van der Waals surface area contributed by atoms with Crippen molar-refractivity contribution < 1.29 is 14.3 Å². The minimum absolute atomic E-state index is 0.00492. The first kappa shape index (κ1) is 18.9. The van der Waals surface area contributed by atoms with E-state index in [1.54, 1.807) is 36.0 Å². The van der Waals surface area contributed by atoms with Crippen molar-refractivity contribution in [2.24, 2.45) is 0 Å². The zero-order valence-corrected chi connectivity index (χ0v) is 14.8. The number of benzene rings is 1. The average molecular weight is 348 g/mol. The molecular formula is C18H25FN4O2. The fourth-order valence-corrected chi connectivity index (χ4v) is 2.56. The Balaban J connectivity index is 1.99. The fraction of sp³-hybridized carbons (Fsp3) is 0.444. The SMILES string of the molecule is CCC(C)(CCO)NC(=O)NCc1ccc(-n2ccnc2C)c(F)c1. The predicted octanol–water partition coefficient (Wildman–Crippen LogP) is 2.67. The van der Waals surface area contributed by atoms with Gasteiger partial charge in [-0.2, -0.15) is 0 Å². The molecule has 2 amide bonds. The van der Waals surface area contributed by atoms with E-state index in [0.717, 1.165) is 0 Å². The number of aliphatic hydroxyl groups excluding tert-OH is 1. The van der Waals surface area contributed by atoms with E-state index >= 15 is 0 Å². The van der Waals surface area contributed by atoms with Gasteiger partial charge in [-0.3, -0.25) is 0 Å². The van der Waals surface area contributed by atoms with Crippen LogP contribution in [-0.4, -0.2) is 32.8 Å². The zero-order chi connectivity index (χ0) is 18.4. The molecule has 1 heterocycles. The molecule has 3 N–H and O–H groups in total. The van der Waals surface area contributed by atoms with Gasteiger partial charge in [-0.15, -0.1) is 0 Å². The van der Waals surface area contributed by atoms with Crippen LogP contribution in [0.2, 0.25) is 0 Å². The fourth-order valence-electron chi connectivity index (χ4n) is 2.56. The third-order valence-corrected chi connectivity index (χ3v) is 4.41. The molecule has 0 spiro atoms. The van der Waals surface area contributed by atoms with Crippen molar-refractivity contribution in [3.8, 4) is 5.69 Å². The summed E-state index contributed by atoms with van der Waals surface area (Å²) in [6.45, 7) is 5.85. The molecule has 1 aromatic carbocycles. The lowest BCUT2D eigenvalue weighted by Gasteiger charge is -2.29.